The van der Waals surface area contributed by atoms with E-state index in [9.17, 15) is 14.4 Å². The van der Waals surface area contributed by atoms with Crippen LogP contribution in [0.4, 0.5) is 0 Å². The highest BCUT2D eigenvalue weighted by Crippen LogP contribution is 2.33. The lowest BCUT2D eigenvalue weighted by Crippen LogP contribution is -2.27. The zero-order chi connectivity index (χ0) is 16.8. The molecule has 2 atom stereocenters. The molecule has 2 aliphatic rings. The summed E-state index contributed by atoms with van der Waals surface area (Å²) < 4.78 is 5.85. The lowest BCUT2D eigenvalue weighted by molar-refractivity contribution is -0.134. The van der Waals surface area contributed by atoms with Crippen molar-refractivity contribution in [3.8, 4) is 0 Å². The lowest BCUT2D eigenvalue weighted by Gasteiger charge is -2.28. The van der Waals surface area contributed by atoms with E-state index in [1.807, 2.05) is 6.92 Å². The minimum Gasteiger partial charge on any atom is -0.370 e. The van der Waals surface area contributed by atoms with E-state index >= 15 is 0 Å². The number of ketones is 3. The molecule has 0 spiro atoms. The van der Waals surface area contributed by atoms with Crippen molar-refractivity contribution in [1.29, 1.82) is 0 Å². The summed E-state index contributed by atoms with van der Waals surface area (Å²) in [6, 6.07) is 12.0. The van der Waals surface area contributed by atoms with Gasteiger partial charge in [0.05, 0.1) is 12.2 Å². The first-order valence-corrected chi connectivity index (χ1v) is 8.04. The zero-order valence-electron chi connectivity index (χ0n) is 13.2. The Morgan fingerprint density at radius 1 is 0.833 bits per heavy atom. The van der Waals surface area contributed by atoms with Gasteiger partial charge in [-0.2, -0.15) is 0 Å². The molecule has 4 nitrogen and oxygen atoms in total. The van der Waals surface area contributed by atoms with E-state index in [2.05, 4.69) is 0 Å². The average Bonchev–Trinajstić information content (AvgIpc) is 2.58. The van der Waals surface area contributed by atoms with Crippen LogP contribution in [0.1, 0.15) is 63.3 Å². The van der Waals surface area contributed by atoms with Gasteiger partial charge in [-0.1, -0.05) is 30.3 Å². The molecular weight excluding hydrogens is 304 g/mol. The van der Waals surface area contributed by atoms with Gasteiger partial charge in [-0.25, -0.2) is 0 Å². The molecular formula is C20H16O4. The van der Waals surface area contributed by atoms with Crippen LogP contribution in [0, 0.1) is 0 Å². The van der Waals surface area contributed by atoms with Crippen LogP contribution in [0.5, 0.6) is 0 Å². The highest BCUT2D eigenvalue weighted by molar-refractivity contribution is 6.28. The van der Waals surface area contributed by atoms with Crippen LogP contribution in [0.15, 0.2) is 42.5 Å². The van der Waals surface area contributed by atoms with Crippen LogP contribution in [0.25, 0.3) is 0 Å². The molecule has 2 aromatic rings. The highest BCUT2D eigenvalue weighted by Gasteiger charge is 2.32. The Morgan fingerprint density at radius 2 is 1.46 bits per heavy atom. The number of fused-ring (bicyclic) bond motifs is 2. The first kappa shape index (κ1) is 15.0. The molecule has 120 valence electrons. The SMILES string of the molecule is C[C@@H]1CC(=O)C[C@H](c2ccc3c(c2)C(=O)c2ccccc2C3=O)O1. The number of rotatable bonds is 1. The third-order valence-electron chi connectivity index (χ3n) is 4.65. The summed E-state index contributed by atoms with van der Waals surface area (Å²) >= 11 is 0. The molecule has 0 bridgehead atoms. The van der Waals surface area contributed by atoms with Crippen LogP contribution in [0.2, 0.25) is 0 Å². The highest BCUT2D eigenvalue weighted by atomic mass is 16.5. The normalized spacial score (nSPS) is 23.0. The number of hydrogen-bond acceptors (Lipinski definition) is 4. The molecule has 0 saturated carbocycles. The predicted molar refractivity (Wildman–Crippen MR) is 87.3 cm³/mol. The Morgan fingerprint density at radius 3 is 2.12 bits per heavy atom. The molecule has 0 amide bonds. The first-order chi connectivity index (χ1) is 11.5. The molecule has 24 heavy (non-hydrogen) atoms. The molecule has 2 aromatic carbocycles. The van der Waals surface area contributed by atoms with E-state index in [-0.39, 0.29) is 29.6 Å². The van der Waals surface area contributed by atoms with Gasteiger partial charge in [0.1, 0.15) is 5.78 Å². The Hall–Kier alpha value is -2.59. The molecule has 4 heteroatoms. The number of carbonyl (C=O) groups excluding carboxylic acids is 3. The summed E-state index contributed by atoms with van der Waals surface area (Å²) in [4.78, 5) is 37.2. The zero-order valence-corrected chi connectivity index (χ0v) is 13.2. The van der Waals surface area contributed by atoms with Gasteiger partial charge in [0.15, 0.2) is 11.6 Å². The van der Waals surface area contributed by atoms with Crippen molar-refractivity contribution < 1.29 is 19.1 Å². The fourth-order valence-electron chi connectivity index (χ4n) is 3.50. The molecule has 1 heterocycles. The van der Waals surface area contributed by atoms with Crippen LogP contribution in [-0.4, -0.2) is 23.5 Å². The van der Waals surface area contributed by atoms with Crippen molar-refractivity contribution >= 4 is 17.3 Å². The minimum absolute atomic E-state index is 0.134. The number of Topliss-reactive ketones (excluding diaryl/α,β-unsaturated/α-hetero) is 1. The average molecular weight is 320 g/mol. The van der Waals surface area contributed by atoms with E-state index in [1.165, 1.54) is 0 Å². The van der Waals surface area contributed by atoms with Crippen LogP contribution < -0.4 is 0 Å². The third kappa shape index (κ3) is 2.31. The second kappa shape index (κ2) is 5.49. The van der Waals surface area contributed by atoms with Gasteiger partial charge in [0.2, 0.25) is 0 Å². The number of carbonyl (C=O) groups is 3. The maximum atomic E-state index is 12.8. The molecule has 4 rings (SSSR count). The van der Waals surface area contributed by atoms with E-state index in [1.54, 1.807) is 42.5 Å². The summed E-state index contributed by atoms with van der Waals surface area (Å²) in [5.74, 6) is -0.137. The van der Waals surface area contributed by atoms with Crippen LogP contribution in [0.3, 0.4) is 0 Å². The number of hydrogen-bond donors (Lipinski definition) is 0. The van der Waals surface area contributed by atoms with E-state index in [0.29, 0.717) is 35.1 Å². The van der Waals surface area contributed by atoms with Crippen molar-refractivity contribution in [3.63, 3.8) is 0 Å². The van der Waals surface area contributed by atoms with Crippen molar-refractivity contribution in [2.45, 2.75) is 32.0 Å². The monoisotopic (exact) mass is 320 g/mol. The molecule has 0 N–H and O–H groups in total. The standard InChI is InChI=1S/C20H16O4/c1-11-8-13(21)10-18(24-11)12-6-7-16-17(9-12)20(23)15-5-3-2-4-14(15)19(16)22/h2-7,9,11,18H,8,10H2,1H3/t11-,18-/m1/s1. The van der Waals surface area contributed by atoms with Gasteiger partial charge in [0.25, 0.3) is 0 Å². The van der Waals surface area contributed by atoms with E-state index in [0.717, 1.165) is 5.56 Å². The number of benzene rings is 2. The summed E-state index contributed by atoms with van der Waals surface area (Å²) in [6.07, 6.45) is 0.241. The Labute approximate surface area is 139 Å². The van der Waals surface area contributed by atoms with Gasteiger partial charge < -0.3 is 4.74 Å². The smallest absolute Gasteiger partial charge is 0.194 e. The van der Waals surface area contributed by atoms with E-state index in [4.69, 9.17) is 4.74 Å². The molecule has 1 aliphatic carbocycles. The Kier molecular flexibility index (Phi) is 3.43. The van der Waals surface area contributed by atoms with Gasteiger partial charge in [0, 0.05) is 35.1 Å². The summed E-state index contributed by atoms with van der Waals surface area (Å²) in [5, 5.41) is 0. The van der Waals surface area contributed by atoms with Gasteiger partial charge in [-0.05, 0) is 24.6 Å². The maximum Gasteiger partial charge on any atom is 0.194 e. The van der Waals surface area contributed by atoms with Gasteiger partial charge >= 0.3 is 0 Å². The van der Waals surface area contributed by atoms with Crippen molar-refractivity contribution in [1.82, 2.24) is 0 Å². The van der Waals surface area contributed by atoms with Gasteiger partial charge in [-0.3, -0.25) is 14.4 Å². The molecule has 0 aromatic heterocycles. The van der Waals surface area contributed by atoms with Crippen molar-refractivity contribution in [3.05, 3.63) is 70.3 Å². The van der Waals surface area contributed by atoms with Crippen molar-refractivity contribution in [2.75, 3.05) is 0 Å². The fourth-order valence-corrected chi connectivity index (χ4v) is 3.50. The topological polar surface area (TPSA) is 60.4 Å². The fraction of sp³-hybridized carbons (Fsp3) is 0.250. The van der Waals surface area contributed by atoms with Gasteiger partial charge in [-0.15, -0.1) is 0 Å². The Balaban J connectivity index is 1.77. The summed E-state index contributed by atoms with van der Waals surface area (Å²) in [6.45, 7) is 1.87. The van der Waals surface area contributed by atoms with E-state index < -0.39 is 0 Å². The number of ether oxygens (including phenoxy) is 1. The second-order valence-corrected chi connectivity index (χ2v) is 6.39. The molecule has 0 radical (unpaired) electrons. The maximum absolute atomic E-state index is 12.8. The molecule has 0 unspecified atom stereocenters. The summed E-state index contributed by atoms with van der Waals surface area (Å²) in [7, 11) is 0. The van der Waals surface area contributed by atoms with Crippen LogP contribution >= 0.6 is 0 Å². The predicted octanol–water partition coefficient (Wildman–Crippen LogP) is 3.27. The first-order valence-electron chi connectivity index (χ1n) is 8.04. The second-order valence-electron chi connectivity index (χ2n) is 6.39. The lowest BCUT2D eigenvalue weighted by atomic mass is 9.82. The Bertz CT molecular complexity index is 881. The molecule has 1 aliphatic heterocycles. The largest absolute Gasteiger partial charge is 0.370 e. The van der Waals surface area contributed by atoms with Crippen LogP contribution in [-0.2, 0) is 9.53 Å². The third-order valence-corrected chi connectivity index (χ3v) is 4.65. The minimum atomic E-state index is -0.355. The molecule has 1 saturated heterocycles. The summed E-state index contributed by atoms with van der Waals surface area (Å²) in [5.41, 5.74) is 2.46. The quantitative estimate of drug-likeness (QED) is 0.690. The van der Waals surface area contributed by atoms with Crippen molar-refractivity contribution in [2.24, 2.45) is 0 Å². The molecule has 1 fully saturated rings.